The third-order valence-corrected chi connectivity index (χ3v) is 3.25. The van der Waals surface area contributed by atoms with Crippen molar-refractivity contribution in [2.24, 2.45) is 0 Å². The number of rotatable bonds is 9. The molecule has 0 fully saturated rings. The normalized spacial score (nSPS) is 10.9. The molecular formula is C17H23ClNNaO6. The number of alkyl carbamates (subject to hydrolysis) is 1. The average molecular weight is 396 g/mol. The van der Waals surface area contributed by atoms with Crippen LogP contribution in [0.4, 0.5) is 4.79 Å². The number of carbonyl (C=O) groups is 3. The van der Waals surface area contributed by atoms with Gasteiger partial charge >= 0.3 is 47.6 Å². The molecule has 7 nitrogen and oxygen atoms in total. The number of carbonyl (C=O) groups excluding carboxylic acids is 3. The Morgan fingerprint density at radius 2 is 1.77 bits per heavy atom. The molecule has 1 N–H and O–H groups in total. The number of amides is 1. The van der Waals surface area contributed by atoms with Gasteiger partial charge in [-0.1, -0.05) is 25.4 Å². The molecule has 1 atom stereocenters. The van der Waals surface area contributed by atoms with Gasteiger partial charge in [-0.05, 0) is 30.7 Å². The average Bonchev–Trinajstić information content (AvgIpc) is 2.60. The van der Waals surface area contributed by atoms with E-state index in [1.54, 1.807) is 38.1 Å². The molecule has 140 valence electrons. The maximum absolute atomic E-state index is 11.7. The maximum atomic E-state index is 11.7. The Bertz CT molecular complexity index is 587. The van der Waals surface area contributed by atoms with Crippen LogP contribution in [-0.4, -0.2) is 30.9 Å². The Hall–Kier alpha value is -1.28. The molecule has 1 unspecified atom stereocenters. The summed E-state index contributed by atoms with van der Waals surface area (Å²) < 4.78 is 15.0. The molecule has 0 aromatic heterocycles. The molecule has 0 bridgehead atoms. The molecule has 0 saturated heterocycles. The quantitative estimate of drug-likeness (QED) is 0.216. The van der Waals surface area contributed by atoms with E-state index in [1.807, 2.05) is 0 Å². The summed E-state index contributed by atoms with van der Waals surface area (Å²) in [7, 11) is 0. The molecule has 0 aliphatic rings. The van der Waals surface area contributed by atoms with Crippen LogP contribution < -0.4 is 39.6 Å². The van der Waals surface area contributed by atoms with Gasteiger partial charge in [-0.15, -0.1) is 0 Å². The number of hydrogen-bond acceptors (Lipinski definition) is 6. The van der Waals surface area contributed by atoms with E-state index in [9.17, 15) is 14.4 Å². The molecule has 0 aliphatic heterocycles. The summed E-state index contributed by atoms with van der Waals surface area (Å²) in [6.45, 7) is 3.61. The zero-order valence-corrected chi connectivity index (χ0v) is 18.0. The minimum atomic E-state index is -0.915. The molecule has 0 radical (unpaired) electrons. The molecule has 1 rings (SSSR count). The summed E-state index contributed by atoms with van der Waals surface area (Å²) in [5, 5.41) is 3.04. The monoisotopic (exact) mass is 395 g/mol. The van der Waals surface area contributed by atoms with Gasteiger partial charge in [-0.2, -0.15) is 0 Å². The van der Waals surface area contributed by atoms with E-state index in [-0.39, 0.29) is 50.4 Å². The molecule has 1 aromatic rings. The maximum Gasteiger partial charge on any atom is 1.00 e. The first-order valence-corrected chi connectivity index (χ1v) is 8.42. The second-order valence-corrected chi connectivity index (χ2v) is 5.48. The third-order valence-electron chi connectivity index (χ3n) is 3.00. The van der Waals surface area contributed by atoms with Crippen LogP contribution in [0.25, 0.3) is 0 Å². The first-order chi connectivity index (χ1) is 11.9. The van der Waals surface area contributed by atoms with Crippen molar-refractivity contribution in [1.82, 2.24) is 5.32 Å². The summed E-state index contributed by atoms with van der Waals surface area (Å²) in [5.74, 6) is -0.448. The summed E-state index contributed by atoms with van der Waals surface area (Å²) >= 11 is 5.74. The molecule has 0 saturated carbocycles. The van der Waals surface area contributed by atoms with Gasteiger partial charge in [0.2, 0.25) is 6.29 Å². The Morgan fingerprint density at radius 3 is 2.35 bits per heavy atom. The minimum Gasteiger partial charge on any atom is -1.00 e. The number of nitrogens with one attached hydrogen (secondary N) is 1. The summed E-state index contributed by atoms with van der Waals surface area (Å²) in [6.07, 6.45) is -0.550. The van der Waals surface area contributed by atoms with Gasteiger partial charge in [-0.25, -0.2) is 4.79 Å². The Balaban J connectivity index is 0. The van der Waals surface area contributed by atoms with Crippen LogP contribution in [0, 0.1) is 0 Å². The van der Waals surface area contributed by atoms with Gasteiger partial charge in [-0.3, -0.25) is 9.59 Å². The van der Waals surface area contributed by atoms with Crippen molar-refractivity contribution in [3.8, 4) is 5.75 Å². The number of hydrogen-bond donors (Lipinski definition) is 1. The number of esters is 2. The van der Waals surface area contributed by atoms with Gasteiger partial charge in [0.15, 0.2) is 0 Å². The van der Waals surface area contributed by atoms with Gasteiger partial charge < -0.3 is 21.0 Å². The first kappa shape index (κ1) is 24.7. The minimum absolute atomic E-state index is 0. The fourth-order valence-corrected chi connectivity index (χ4v) is 1.82. The van der Waals surface area contributed by atoms with Crippen molar-refractivity contribution >= 4 is 29.6 Å². The van der Waals surface area contributed by atoms with E-state index in [2.05, 4.69) is 5.32 Å². The van der Waals surface area contributed by atoms with Crippen molar-refractivity contribution in [2.75, 3.05) is 6.54 Å². The topological polar surface area (TPSA) is 90.9 Å². The number of benzene rings is 1. The Kier molecular flexibility index (Phi) is 13.2. The molecule has 0 spiro atoms. The predicted molar refractivity (Wildman–Crippen MR) is 92.4 cm³/mol. The van der Waals surface area contributed by atoms with Crippen molar-refractivity contribution in [1.29, 1.82) is 0 Å². The van der Waals surface area contributed by atoms with Crippen molar-refractivity contribution in [3.63, 3.8) is 0 Å². The molecule has 1 amide bonds. The fourth-order valence-electron chi connectivity index (χ4n) is 1.69. The summed E-state index contributed by atoms with van der Waals surface area (Å²) in [6, 6.07) is 6.44. The molecule has 9 heteroatoms. The van der Waals surface area contributed by atoms with Crippen LogP contribution in [0.2, 0.25) is 5.02 Å². The van der Waals surface area contributed by atoms with Gasteiger partial charge in [0, 0.05) is 30.8 Å². The van der Waals surface area contributed by atoms with Crippen LogP contribution in [0.1, 0.15) is 41.0 Å². The third kappa shape index (κ3) is 10.7. The van der Waals surface area contributed by atoms with Crippen LogP contribution in [0.5, 0.6) is 5.75 Å². The molecule has 26 heavy (non-hydrogen) atoms. The Morgan fingerprint density at radius 1 is 1.12 bits per heavy atom. The number of halogens is 1. The van der Waals surface area contributed by atoms with Crippen molar-refractivity contribution < 1.29 is 59.6 Å². The van der Waals surface area contributed by atoms with E-state index in [4.69, 9.17) is 25.8 Å². The van der Waals surface area contributed by atoms with E-state index in [0.29, 0.717) is 23.6 Å². The fraction of sp³-hybridized carbons (Fsp3) is 0.471. The zero-order chi connectivity index (χ0) is 18.7. The van der Waals surface area contributed by atoms with Gasteiger partial charge in [0.25, 0.3) is 0 Å². The van der Waals surface area contributed by atoms with Crippen LogP contribution >= 0.6 is 11.6 Å². The second-order valence-electron chi connectivity index (χ2n) is 5.04. The largest absolute Gasteiger partial charge is 1.00 e. The molecule has 0 heterocycles. The van der Waals surface area contributed by atoms with E-state index in [1.165, 1.54) is 0 Å². The van der Waals surface area contributed by atoms with Crippen LogP contribution in [0.15, 0.2) is 24.3 Å². The standard InChI is InChI=1S/C17H22ClNO6.Na.H/c1-3-14(20)24-16(4-2)25-17(22)19-11-5-6-15(21)23-13-9-7-12(18)8-10-13;;/h7-10,16H,3-6,11H2,1-2H3,(H,19,22);;/q;+1;-1. The Labute approximate surface area is 181 Å². The first-order valence-electron chi connectivity index (χ1n) is 8.04. The van der Waals surface area contributed by atoms with E-state index < -0.39 is 24.3 Å². The summed E-state index contributed by atoms with van der Waals surface area (Å²) in [5.41, 5.74) is 0. The van der Waals surface area contributed by atoms with Crippen LogP contribution in [0.3, 0.4) is 0 Å². The van der Waals surface area contributed by atoms with Crippen molar-refractivity contribution in [3.05, 3.63) is 29.3 Å². The zero-order valence-electron chi connectivity index (χ0n) is 16.2. The molecule has 1 aromatic carbocycles. The van der Waals surface area contributed by atoms with Gasteiger partial charge in [0.05, 0.1) is 0 Å². The second kappa shape index (κ2) is 13.9. The summed E-state index contributed by atoms with van der Waals surface area (Å²) in [4.78, 5) is 34.4. The van der Waals surface area contributed by atoms with Gasteiger partial charge in [0.1, 0.15) is 5.75 Å². The van der Waals surface area contributed by atoms with E-state index in [0.717, 1.165) is 0 Å². The van der Waals surface area contributed by atoms with Crippen molar-refractivity contribution in [2.45, 2.75) is 45.8 Å². The molecular weight excluding hydrogens is 373 g/mol. The molecule has 0 aliphatic carbocycles. The van der Waals surface area contributed by atoms with Crippen LogP contribution in [-0.2, 0) is 19.1 Å². The number of ether oxygens (including phenoxy) is 3. The smallest absolute Gasteiger partial charge is 1.00 e. The SMILES string of the molecule is CCC(=O)OC(CC)OC(=O)NCCCC(=O)Oc1ccc(Cl)cc1.[H-].[Na+]. The predicted octanol–water partition coefficient (Wildman–Crippen LogP) is 0.558. The van der Waals surface area contributed by atoms with E-state index >= 15 is 0 Å².